The maximum atomic E-state index is 10.8. The Morgan fingerprint density at radius 1 is 1.28 bits per heavy atom. The van der Waals surface area contributed by atoms with Crippen molar-refractivity contribution in [1.82, 2.24) is 4.90 Å². The molecule has 4 heteroatoms. The van der Waals surface area contributed by atoms with E-state index >= 15 is 0 Å². The van der Waals surface area contributed by atoms with Gasteiger partial charge in [-0.3, -0.25) is 9.69 Å². The van der Waals surface area contributed by atoms with Crippen molar-refractivity contribution in [3.8, 4) is 11.8 Å². The van der Waals surface area contributed by atoms with E-state index in [1.165, 1.54) is 5.56 Å². The van der Waals surface area contributed by atoms with E-state index in [0.717, 1.165) is 16.7 Å². The second-order valence-electron chi connectivity index (χ2n) is 6.25. The lowest BCUT2D eigenvalue weighted by molar-refractivity contribution is -0.137. The van der Waals surface area contributed by atoms with Gasteiger partial charge in [-0.25, -0.2) is 0 Å². The molecular weight excluding hydrogens is 330 g/mol. The second-order valence-corrected chi connectivity index (χ2v) is 7.03. The molecule has 0 radical (unpaired) electrons. The molecule has 2 rings (SSSR count). The number of nitrogens with zero attached hydrogens (tertiary/aromatic N) is 1. The lowest BCUT2D eigenvalue weighted by atomic mass is 10.0. The molecule has 130 valence electrons. The number of hydrogen-bond acceptors (Lipinski definition) is 3. The summed E-state index contributed by atoms with van der Waals surface area (Å²) < 4.78 is 0. The van der Waals surface area contributed by atoms with Gasteiger partial charge >= 0.3 is 5.97 Å². The molecule has 0 aliphatic heterocycles. The summed E-state index contributed by atoms with van der Waals surface area (Å²) in [5.41, 5.74) is 4.27. The molecule has 0 aliphatic rings. The van der Waals surface area contributed by atoms with E-state index in [0.29, 0.717) is 12.5 Å². The van der Waals surface area contributed by atoms with Crippen LogP contribution in [0.25, 0.3) is 5.57 Å². The van der Waals surface area contributed by atoms with E-state index in [9.17, 15) is 4.79 Å². The standard InChI is InChI=1S/C21H23NO2S/c1-16(2)18-7-4-17(5-8-18)6-9-19(20-11-13-25-15-20)10-12-22(3)14-21(23)24/h4-5,7-8,10-11,13,15-16H,12,14H2,1-3H3,(H,23,24). The Kier molecular flexibility index (Phi) is 7.00. The molecule has 0 fully saturated rings. The molecule has 0 aliphatic carbocycles. The van der Waals surface area contributed by atoms with Crippen molar-refractivity contribution in [1.29, 1.82) is 0 Å². The van der Waals surface area contributed by atoms with E-state index in [4.69, 9.17) is 5.11 Å². The summed E-state index contributed by atoms with van der Waals surface area (Å²) in [6.07, 6.45) is 1.99. The Hall–Kier alpha value is -2.35. The number of rotatable bonds is 6. The van der Waals surface area contributed by atoms with Gasteiger partial charge in [-0.1, -0.05) is 43.9 Å². The molecule has 2 aromatic rings. The first kappa shape index (κ1) is 19.0. The molecule has 0 amide bonds. The third-order valence-electron chi connectivity index (χ3n) is 3.76. The summed E-state index contributed by atoms with van der Waals surface area (Å²) in [4.78, 5) is 12.5. The highest BCUT2D eigenvalue weighted by atomic mass is 32.1. The molecule has 0 saturated carbocycles. The summed E-state index contributed by atoms with van der Waals surface area (Å²) in [7, 11) is 1.79. The zero-order chi connectivity index (χ0) is 18.2. The van der Waals surface area contributed by atoms with Gasteiger partial charge in [0, 0.05) is 23.2 Å². The van der Waals surface area contributed by atoms with Crippen LogP contribution >= 0.6 is 11.3 Å². The molecule has 1 aromatic carbocycles. The van der Waals surface area contributed by atoms with Crippen LogP contribution < -0.4 is 0 Å². The second kappa shape index (κ2) is 9.22. The van der Waals surface area contributed by atoms with E-state index in [2.05, 4.69) is 43.2 Å². The monoisotopic (exact) mass is 353 g/mol. The van der Waals surface area contributed by atoms with Crippen molar-refractivity contribution in [3.63, 3.8) is 0 Å². The van der Waals surface area contributed by atoms with Crippen LogP contribution in [0.3, 0.4) is 0 Å². The van der Waals surface area contributed by atoms with E-state index in [1.54, 1.807) is 23.3 Å². The Labute approximate surface area is 153 Å². The Balaban J connectivity index is 2.19. The zero-order valence-corrected chi connectivity index (χ0v) is 15.6. The largest absolute Gasteiger partial charge is 0.480 e. The van der Waals surface area contributed by atoms with Crippen LogP contribution in [0.15, 0.2) is 47.2 Å². The van der Waals surface area contributed by atoms with Crippen molar-refractivity contribution in [3.05, 3.63) is 63.9 Å². The van der Waals surface area contributed by atoms with Crippen molar-refractivity contribution in [2.45, 2.75) is 19.8 Å². The molecule has 3 nitrogen and oxygen atoms in total. The number of hydrogen-bond donors (Lipinski definition) is 1. The maximum absolute atomic E-state index is 10.8. The number of carboxylic acids is 1. The number of allylic oxidation sites excluding steroid dienone is 1. The SMILES string of the molecule is CC(C)c1ccc(C#CC(=CCN(C)CC(=O)O)c2ccsc2)cc1. The minimum absolute atomic E-state index is 0.0114. The fraction of sp³-hybridized carbons (Fsp3) is 0.286. The fourth-order valence-electron chi connectivity index (χ4n) is 2.29. The van der Waals surface area contributed by atoms with Gasteiger partial charge in [0.05, 0.1) is 6.54 Å². The average Bonchev–Trinajstić information content (AvgIpc) is 3.09. The normalized spacial score (nSPS) is 11.5. The molecule has 1 N–H and O–H groups in total. The van der Waals surface area contributed by atoms with Gasteiger partial charge in [-0.2, -0.15) is 11.3 Å². The van der Waals surface area contributed by atoms with Gasteiger partial charge in [0.1, 0.15) is 0 Å². The number of carbonyl (C=O) groups is 1. The summed E-state index contributed by atoms with van der Waals surface area (Å²) in [5, 5.41) is 12.9. The Morgan fingerprint density at radius 2 is 2.00 bits per heavy atom. The van der Waals surface area contributed by atoms with Gasteiger partial charge in [-0.15, -0.1) is 0 Å². The van der Waals surface area contributed by atoms with Crippen molar-refractivity contribution < 1.29 is 9.90 Å². The number of thiophene rings is 1. The van der Waals surface area contributed by atoms with Crippen LogP contribution in [0.4, 0.5) is 0 Å². The van der Waals surface area contributed by atoms with Crippen LogP contribution in [0.1, 0.15) is 36.5 Å². The van der Waals surface area contributed by atoms with Crippen LogP contribution in [0.2, 0.25) is 0 Å². The third kappa shape index (κ3) is 6.22. The molecule has 25 heavy (non-hydrogen) atoms. The van der Waals surface area contributed by atoms with Crippen molar-refractivity contribution in [2.24, 2.45) is 0 Å². The van der Waals surface area contributed by atoms with E-state index in [1.807, 2.05) is 29.7 Å². The predicted molar refractivity (Wildman–Crippen MR) is 105 cm³/mol. The molecule has 1 aromatic heterocycles. The summed E-state index contributed by atoms with van der Waals surface area (Å²) >= 11 is 1.62. The number of carboxylic acid groups (broad SMARTS) is 1. The maximum Gasteiger partial charge on any atom is 0.317 e. The molecule has 1 heterocycles. The first-order valence-corrected chi connectivity index (χ1v) is 9.15. The molecular formula is C21H23NO2S. The van der Waals surface area contributed by atoms with Gasteiger partial charge in [0.25, 0.3) is 0 Å². The van der Waals surface area contributed by atoms with Gasteiger partial charge < -0.3 is 5.11 Å². The van der Waals surface area contributed by atoms with Gasteiger partial charge in [0.2, 0.25) is 0 Å². The summed E-state index contributed by atoms with van der Waals surface area (Å²) in [6.45, 7) is 4.90. The highest BCUT2D eigenvalue weighted by molar-refractivity contribution is 7.08. The Morgan fingerprint density at radius 3 is 2.56 bits per heavy atom. The Bertz CT molecular complexity index is 778. The van der Waals surface area contributed by atoms with Crippen LogP contribution in [0.5, 0.6) is 0 Å². The molecule has 0 atom stereocenters. The quantitative estimate of drug-likeness (QED) is 0.786. The topological polar surface area (TPSA) is 40.5 Å². The van der Waals surface area contributed by atoms with Crippen molar-refractivity contribution in [2.75, 3.05) is 20.1 Å². The van der Waals surface area contributed by atoms with Crippen LogP contribution in [-0.4, -0.2) is 36.1 Å². The minimum Gasteiger partial charge on any atom is -0.480 e. The zero-order valence-electron chi connectivity index (χ0n) is 14.8. The van der Waals surface area contributed by atoms with Crippen LogP contribution in [-0.2, 0) is 4.79 Å². The summed E-state index contributed by atoms with van der Waals surface area (Å²) in [6, 6.07) is 10.4. The average molecular weight is 353 g/mol. The van der Waals surface area contributed by atoms with E-state index < -0.39 is 5.97 Å². The van der Waals surface area contributed by atoms with Gasteiger partial charge in [0.15, 0.2) is 0 Å². The summed E-state index contributed by atoms with van der Waals surface area (Å²) in [5.74, 6) is 6.13. The number of benzene rings is 1. The van der Waals surface area contributed by atoms with Crippen molar-refractivity contribution >= 4 is 22.9 Å². The van der Waals surface area contributed by atoms with Gasteiger partial charge in [-0.05, 0) is 47.5 Å². The first-order valence-electron chi connectivity index (χ1n) is 8.20. The third-order valence-corrected chi connectivity index (χ3v) is 4.45. The molecule has 0 bridgehead atoms. The smallest absolute Gasteiger partial charge is 0.317 e. The fourth-order valence-corrected chi connectivity index (χ4v) is 2.95. The van der Waals surface area contributed by atoms with Crippen LogP contribution in [0, 0.1) is 11.8 Å². The highest BCUT2D eigenvalue weighted by Gasteiger charge is 2.04. The molecule has 0 saturated heterocycles. The number of aliphatic carboxylic acids is 1. The first-order chi connectivity index (χ1) is 12.0. The number of likely N-dealkylation sites (N-methyl/N-ethyl adjacent to an activating group) is 1. The predicted octanol–water partition coefficient (Wildman–Crippen LogP) is 4.32. The lowest BCUT2D eigenvalue weighted by Gasteiger charge is -2.11. The molecule has 0 unspecified atom stereocenters. The molecule has 0 spiro atoms. The minimum atomic E-state index is -0.829. The highest BCUT2D eigenvalue weighted by Crippen LogP contribution is 2.18. The lowest BCUT2D eigenvalue weighted by Crippen LogP contribution is -2.25. The van der Waals surface area contributed by atoms with E-state index in [-0.39, 0.29) is 6.54 Å².